The molecule has 8 heteroatoms. The fourth-order valence-electron chi connectivity index (χ4n) is 4.50. The van der Waals surface area contributed by atoms with Crippen molar-refractivity contribution in [3.8, 4) is 0 Å². The maximum Gasteiger partial charge on any atom is 0.238 e. The molecule has 1 heterocycles. The van der Waals surface area contributed by atoms with Crippen LogP contribution < -0.4 is 11.1 Å². The van der Waals surface area contributed by atoms with Gasteiger partial charge in [-0.05, 0) is 44.7 Å². The molecular weight excluding hydrogens is 423 g/mol. The molecule has 1 aromatic rings. The van der Waals surface area contributed by atoms with Crippen molar-refractivity contribution in [1.82, 2.24) is 9.80 Å². The van der Waals surface area contributed by atoms with Gasteiger partial charge in [0.05, 0.1) is 12.5 Å². The van der Waals surface area contributed by atoms with E-state index in [-0.39, 0.29) is 42.5 Å². The van der Waals surface area contributed by atoms with Gasteiger partial charge in [-0.25, -0.2) is 0 Å². The van der Waals surface area contributed by atoms with Crippen LogP contribution in [0.15, 0.2) is 18.2 Å². The maximum atomic E-state index is 13.0. The number of anilines is 1. The molecule has 30 heavy (non-hydrogen) atoms. The highest BCUT2D eigenvalue weighted by atomic mass is 35.5. The minimum Gasteiger partial charge on any atom is -0.340 e. The SMILES string of the molecule is Cc1cccc(C)c1NC(=O)CN1CCN(C(=O)C2CCCCC2(C)N)CC1.Cl.Cl. The first kappa shape index (κ1) is 26.7. The van der Waals surface area contributed by atoms with Crippen LogP contribution in [0.3, 0.4) is 0 Å². The van der Waals surface area contributed by atoms with Gasteiger partial charge in [0.2, 0.25) is 11.8 Å². The van der Waals surface area contributed by atoms with Crippen molar-refractivity contribution in [2.24, 2.45) is 11.7 Å². The maximum absolute atomic E-state index is 13.0. The highest BCUT2D eigenvalue weighted by Gasteiger charge is 2.40. The largest absolute Gasteiger partial charge is 0.340 e. The third-order valence-electron chi connectivity index (χ3n) is 6.35. The standard InChI is InChI=1S/C22H34N4O2.2ClH/c1-16-7-6-8-17(2)20(16)24-19(27)15-25-11-13-26(14-12-25)21(28)18-9-4-5-10-22(18,3)23;;/h6-8,18H,4-5,9-15,23H2,1-3H3,(H,24,27);2*1H. The van der Waals surface area contributed by atoms with E-state index in [1.54, 1.807) is 0 Å². The van der Waals surface area contributed by atoms with E-state index in [1.165, 1.54) is 0 Å². The van der Waals surface area contributed by atoms with Crippen LogP contribution in [0.2, 0.25) is 0 Å². The molecule has 2 aliphatic rings. The highest BCUT2D eigenvalue weighted by Crippen LogP contribution is 2.33. The number of carbonyl (C=O) groups excluding carboxylic acids is 2. The summed E-state index contributed by atoms with van der Waals surface area (Å²) in [6.07, 6.45) is 4.01. The Hall–Kier alpha value is -1.34. The molecular formula is C22H36Cl2N4O2. The average molecular weight is 459 g/mol. The summed E-state index contributed by atoms with van der Waals surface area (Å²) in [5, 5.41) is 3.04. The van der Waals surface area contributed by atoms with Crippen molar-refractivity contribution < 1.29 is 9.59 Å². The summed E-state index contributed by atoms with van der Waals surface area (Å²) in [6.45, 7) is 9.16. The Morgan fingerprint density at radius 2 is 1.70 bits per heavy atom. The van der Waals surface area contributed by atoms with Crippen molar-refractivity contribution in [2.75, 3.05) is 38.0 Å². The molecule has 1 saturated carbocycles. The third kappa shape index (κ3) is 6.33. The molecule has 1 aromatic carbocycles. The first-order valence-electron chi connectivity index (χ1n) is 10.4. The smallest absolute Gasteiger partial charge is 0.238 e. The molecule has 0 radical (unpaired) electrons. The number of aryl methyl sites for hydroxylation is 2. The van der Waals surface area contributed by atoms with Crippen LogP contribution in [0.25, 0.3) is 0 Å². The number of para-hydroxylation sites is 1. The van der Waals surface area contributed by atoms with Crippen LogP contribution in [-0.4, -0.2) is 59.9 Å². The Labute approximate surface area is 192 Å². The van der Waals surface area contributed by atoms with Gasteiger partial charge in [0.25, 0.3) is 0 Å². The van der Waals surface area contributed by atoms with Crippen LogP contribution in [0, 0.1) is 19.8 Å². The van der Waals surface area contributed by atoms with Crippen molar-refractivity contribution >= 4 is 42.3 Å². The van der Waals surface area contributed by atoms with Crippen LogP contribution in [0.5, 0.6) is 0 Å². The molecule has 2 atom stereocenters. The number of hydrogen-bond acceptors (Lipinski definition) is 4. The summed E-state index contributed by atoms with van der Waals surface area (Å²) in [7, 11) is 0. The Morgan fingerprint density at radius 3 is 2.27 bits per heavy atom. The number of nitrogens with zero attached hydrogens (tertiary/aromatic N) is 2. The zero-order valence-corrected chi connectivity index (χ0v) is 19.9. The predicted molar refractivity (Wildman–Crippen MR) is 127 cm³/mol. The predicted octanol–water partition coefficient (Wildman–Crippen LogP) is 3.14. The van der Waals surface area contributed by atoms with Crippen molar-refractivity contribution in [3.05, 3.63) is 29.3 Å². The zero-order valence-electron chi connectivity index (χ0n) is 18.3. The molecule has 2 unspecified atom stereocenters. The fraction of sp³-hybridized carbons (Fsp3) is 0.636. The Kier molecular flexibility index (Phi) is 10.1. The van der Waals surface area contributed by atoms with E-state index in [9.17, 15) is 9.59 Å². The van der Waals surface area contributed by atoms with Crippen molar-refractivity contribution in [3.63, 3.8) is 0 Å². The number of hydrogen-bond donors (Lipinski definition) is 2. The van der Waals surface area contributed by atoms with Gasteiger partial charge in [0.15, 0.2) is 0 Å². The summed E-state index contributed by atoms with van der Waals surface area (Å²) in [6, 6.07) is 6.00. The van der Waals surface area contributed by atoms with Crippen molar-refractivity contribution in [1.29, 1.82) is 0 Å². The number of amides is 2. The van der Waals surface area contributed by atoms with Gasteiger partial charge in [-0.3, -0.25) is 14.5 Å². The molecule has 0 spiro atoms. The topological polar surface area (TPSA) is 78.7 Å². The minimum absolute atomic E-state index is 0. The van der Waals surface area contributed by atoms with E-state index < -0.39 is 5.54 Å². The van der Waals surface area contributed by atoms with E-state index in [1.807, 2.05) is 43.9 Å². The Morgan fingerprint density at radius 1 is 1.10 bits per heavy atom. The molecule has 0 aromatic heterocycles. The minimum atomic E-state index is -0.391. The van der Waals surface area contributed by atoms with E-state index >= 15 is 0 Å². The van der Waals surface area contributed by atoms with Crippen molar-refractivity contribution in [2.45, 2.75) is 52.0 Å². The summed E-state index contributed by atoms with van der Waals surface area (Å²) in [5.74, 6) is 0.128. The van der Waals surface area contributed by atoms with E-state index in [0.717, 1.165) is 55.6 Å². The van der Waals surface area contributed by atoms with Gasteiger partial charge in [-0.1, -0.05) is 31.0 Å². The van der Waals surface area contributed by atoms with Gasteiger partial charge in [0.1, 0.15) is 0 Å². The molecule has 3 N–H and O–H groups in total. The lowest BCUT2D eigenvalue weighted by Crippen LogP contribution is -2.57. The number of nitrogens with two attached hydrogens (primary N) is 1. The Balaban J connectivity index is 0.00000225. The van der Waals surface area contributed by atoms with E-state index in [0.29, 0.717) is 19.6 Å². The summed E-state index contributed by atoms with van der Waals surface area (Å²) < 4.78 is 0. The van der Waals surface area contributed by atoms with E-state index in [2.05, 4.69) is 10.2 Å². The lowest BCUT2D eigenvalue weighted by molar-refractivity contribution is -0.140. The second kappa shape index (κ2) is 11.3. The first-order chi connectivity index (χ1) is 13.3. The number of carbonyl (C=O) groups is 2. The molecule has 1 aliphatic heterocycles. The molecule has 1 saturated heterocycles. The molecule has 1 aliphatic carbocycles. The van der Waals surface area contributed by atoms with Crippen LogP contribution >= 0.6 is 24.8 Å². The van der Waals surface area contributed by atoms with Gasteiger partial charge >= 0.3 is 0 Å². The fourth-order valence-corrected chi connectivity index (χ4v) is 4.50. The van der Waals surface area contributed by atoms with Crippen LogP contribution in [0.1, 0.15) is 43.7 Å². The summed E-state index contributed by atoms with van der Waals surface area (Å²) in [5.41, 5.74) is 9.06. The highest BCUT2D eigenvalue weighted by molar-refractivity contribution is 5.93. The number of halogens is 2. The van der Waals surface area contributed by atoms with E-state index in [4.69, 9.17) is 5.73 Å². The van der Waals surface area contributed by atoms with Gasteiger partial charge < -0.3 is 16.0 Å². The molecule has 170 valence electrons. The first-order valence-corrected chi connectivity index (χ1v) is 10.4. The van der Waals surface area contributed by atoms with Gasteiger partial charge in [-0.2, -0.15) is 0 Å². The van der Waals surface area contributed by atoms with Gasteiger partial charge in [-0.15, -0.1) is 24.8 Å². The van der Waals surface area contributed by atoms with Crippen LogP contribution in [0.4, 0.5) is 5.69 Å². The van der Waals surface area contributed by atoms with Crippen LogP contribution in [-0.2, 0) is 9.59 Å². The summed E-state index contributed by atoms with van der Waals surface area (Å²) >= 11 is 0. The second-order valence-electron chi connectivity index (χ2n) is 8.72. The molecule has 6 nitrogen and oxygen atoms in total. The number of piperazine rings is 1. The summed E-state index contributed by atoms with van der Waals surface area (Å²) in [4.78, 5) is 29.5. The lowest BCUT2D eigenvalue weighted by atomic mass is 9.74. The number of nitrogens with one attached hydrogen (secondary N) is 1. The number of rotatable bonds is 4. The normalized spacial score (nSPS) is 24.4. The molecule has 2 amide bonds. The molecule has 0 bridgehead atoms. The number of benzene rings is 1. The quantitative estimate of drug-likeness (QED) is 0.725. The Bertz CT molecular complexity index is 714. The third-order valence-corrected chi connectivity index (χ3v) is 6.35. The zero-order chi connectivity index (χ0) is 20.3. The monoisotopic (exact) mass is 458 g/mol. The second-order valence-corrected chi connectivity index (χ2v) is 8.72. The molecule has 2 fully saturated rings. The van der Waals surface area contributed by atoms with Gasteiger partial charge in [0, 0.05) is 37.4 Å². The molecule has 3 rings (SSSR count). The average Bonchev–Trinajstić information content (AvgIpc) is 2.65. The lowest BCUT2D eigenvalue weighted by Gasteiger charge is -2.42.